The zero-order valence-corrected chi connectivity index (χ0v) is 15.3. The number of nitrogens with one attached hydrogen (secondary N) is 1. The molecular weight excluding hydrogens is 342 g/mol. The van der Waals surface area contributed by atoms with Crippen LogP contribution < -0.4 is 5.32 Å². The predicted molar refractivity (Wildman–Crippen MR) is 101 cm³/mol. The third kappa shape index (κ3) is 3.71. The number of para-hydroxylation sites is 1. The Morgan fingerprint density at radius 1 is 1.33 bits per heavy atom. The Bertz CT molecular complexity index is 947. The van der Waals surface area contributed by atoms with E-state index in [1.807, 2.05) is 37.4 Å². The quantitative estimate of drug-likeness (QED) is 0.699. The Morgan fingerprint density at radius 2 is 2.15 bits per heavy atom. The van der Waals surface area contributed by atoms with Gasteiger partial charge in [0.25, 0.3) is 5.91 Å². The number of fused-ring (bicyclic) bond motifs is 1. The minimum absolute atomic E-state index is 0.175. The molecule has 1 amide bonds. The first-order valence-corrected chi connectivity index (χ1v) is 9.43. The summed E-state index contributed by atoms with van der Waals surface area (Å²) >= 11 is 0. The van der Waals surface area contributed by atoms with Crippen molar-refractivity contribution in [1.29, 1.82) is 0 Å². The summed E-state index contributed by atoms with van der Waals surface area (Å²) < 4.78 is 5.23. The van der Waals surface area contributed by atoms with E-state index in [0.29, 0.717) is 18.6 Å². The molecule has 0 spiro atoms. The first kappa shape index (κ1) is 17.7. The van der Waals surface area contributed by atoms with Crippen LogP contribution in [-0.4, -0.2) is 27.3 Å². The van der Waals surface area contributed by atoms with Gasteiger partial charge >= 0.3 is 0 Å². The molecule has 4 rings (SSSR count). The molecule has 1 aromatic carbocycles. The number of rotatable bonds is 6. The van der Waals surface area contributed by atoms with E-state index in [1.165, 1.54) is 0 Å². The van der Waals surface area contributed by atoms with Crippen molar-refractivity contribution < 1.29 is 14.4 Å². The number of aliphatic hydroxyl groups excluding tert-OH is 1. The van der Waals surface area contributed by atoms with Crippen LogP contribution in [-0.2, 0) is 6.42 Å². The lowest BCUT2D eigenvalue weighted by molar-refractivity contribution is 0.0234. The highest BCUT2D eigenvalue weighted by atomic mass is 16.5. The van der Waals surface area contributed by atoms with Crippen LogP contribution in [0.3, 0.4) is 0 Å². The van der Waals surface area contributed by atoms with E-state index in [-0.39, 0.29) is 29.7 Å². The number of pyridine rings is 1. The number of hydrogen-bond acceptors (Lipinski definition) is 5. The van der Waals surface area contributed by atoms with Crippen molar-refractivity contribution in [3.05, 3.63) is 59.6 Å². The van der Waals surface area contributed by atoms with E-state index in [2.05, 4.69) is 21.5 Å². The lowest BCUT2D eigenvalue weighted by Gasteiger charge is -2.38. The summed E-state index contributed by atoms with van der Waals surface area (Å²) in [6.45, 7) is 2.05. The van der Waals surface area contributed by atoms with E-state index in [0.717, 1.165) is 29.3 Å². The van der Waals surface area contributed by atoms with E-state index in [1.54, 1.807) is 6.07 Å². The molecular formula is C21H23N3O3. The van der Waals surface area contributed by atoms with Crippen LogP contribution in [0.2, 0.25) is 0 Å². The Kier molecular flexibility index (Phi) is 4.90. The van der Waals surface area contributed by atoms with Crippen molar-refractivity contribution in [3.63, 3.8) is 0 Å². The van der Waals surface area contributed by atoms with Gasteiger partial charge in [0.2, 0.25) is 0 Å². The highest BCUT2D eigenvalue weighted by Crippen LogP contribution is 2.38. The predicted octanol–water partition coefficient (Wildman–Crippen LogP) is 3.42. The Balaban J connectivity index is 1.59. The molecule has 0 saturated heterocycles. The molecule has 1 fully saturated rings. The summed E-state index contributed by atoms with van der Waals surface area (Å²) in [6.07, 6.45) is 4.53. The molecule has 1 aliphatic rings. The number of carbonyl (C=O) groups is 1. The zero-order valence-electron chi connectivity index (χ0n) is 15.3. The van der Waals surface area contributed by atoms with Crippen LogP contribution in [0, 0.1) is 5.92 Å². The second-order valence-corrected chi connectivity index (χ2v) is 7.23. The van der Waals surface area contributed by atoms with Crippen molar-refractivity contribution in [1.82, 2.24) is 15.5 Å². The maximum absolute atomic E-state index is 12.7. The number of aromatic nitrogens is 2. The number of benzene rings is 1. The van der Waals surface area contributed by atoms with Gasteiger partial charge in [-0.3, -0.25) is 9.78 Å². The molecule has 2 N–H and O–H groups in total. The fourth-order valence-electron chi connectivity index (χ4n) is 3.63. The molecule has 2 heterocycles. The molecule has 6 heteroatoms. The summed E-state index contributed by atoms with van der Waals surface area (Å²) in [5.41, 5.74) is 2.15. The number of hydrogen-bond donors (Lipinski definition) is 2. The normalized spacial score (nSPS) is 20.2. The summed E-state index contributed by atoms with van der Waals surface area (Å²) in [5.74, 6) is 0.625. The molecule has 2 aromatic heterocycles. The highest BCUT2D eigenvalue weighted by Gasteiger charge is 2.36. The summed E-state index contributed by atoms with van der Waals surface area (Å²) in [6, 6.07) is 11.4. The van der Waals surface area contributed by atoms with Crippen LogP contribution in [0.15, 0.2) is 47.1 Å². The second kappa shape index (κ2) is 7.48. The Labute approximate surface area is 157 Å². The molecule has 3 aromatic rings. The van der Waals surface area contributed by atoms with Gasteiger partial charge in [-0.25, -0.2) is 0 Å². The highest BCUT2D eigenvalue weighted by molar-refractivity contribution is 5.92. The van der Waals surface area contributed by atoms with Gasteiger partial charge in [0, 0.05) is 24.1 Å². The smallest absolute Gasteiger partial charge is 0.273 e. The van der Waals surface area contributed by atoms with Gasteiger partial charge in [-0.2, -0.15) is 0 Å². The molecule has 0 radical (unpaired) electrons. The summed E-state index contributed by atoms with van der Waals surface area (Å²) in [4.78, 5) is 17.2. The van der Waals surface area contributed by atoms with Gasteiger partial charge in [-0.05, 0) is 42.9 Å². The van der Waals surface area contributed by atoms with Crippen molar-refractivity contribution >= 4 is 16.8 Å². The number of carbonyl (C=O) groups excluding carboxylic acids is 1. The van der Waals surface area contributed by atoms with E-state index in [9.17, 15) is 9.90 Å². The average molecular weight is 365 g/mol. The van der Waals surface area contributed by atoms with Gasteiger partial charge < -0.3 is 14.9 Å². The number of amides is 1. The number of nitrogens with zero attached hydrogens (tertiary/aromatic N) is 2. The molecule has 0 aliphatic heterocycles. The fourth-order valence-corrected chi connectivity index (χ4v) is 3.63. The third-order valence-corrected chi connectivity index (χ3v) is 5.17. The first-order valence-electron chi connectivity index (χ1n) is 9.43. The summed E-state index contributed by atoms with van der Waals surface area (Å²) in [5, 5.41) is 17.7. The molecule has 1 saturated carbocycles. The van der Waals surface area contributed by atoms with Crippen LogP contribution in [0.4, 0.5) is 0 Å². The third-order valence-electron chi connectivity index (χ3n) is 5.17. The SMILES string of the molecule is CCCc1cc(C(=O)N[C@@H](c2cnc3ccccc3c2)C2CC(O)C2)no1. The minimum atomic E-state index is -0.300. The molecule has 1 atom stereocenters. The zero-order chi connectivity index (χ0) is 18.8. The topological polar surface area (TPSA) is 88.2 Å². The summed E-state index contributed by atoms with van der Waals surface area (Å²) in [7, 11) is 0. The van der Waals surface area contributed by atoms with Crippen molar-refractivity contribution in [3.8, 4) is 0 Å². The number of aliphatic hydroxyl groups is 1. The van der Waals surface area contributed by atoms with Crippen molar-refractivity contribution in [2.45, 2.75) is 44.8 Å². The molecule has 1 aliphatic carbocycles. The molecule has 27 heavy (non-hydrogen) atoms. The molecule has 140 valence electrons. The minimum Gasteiger partial charge on any atom is -0.393 e. The van der Waals surface area contributed by atoms with E-state index >= 15 is 0 Å². The van der Waals surface area contributed by atoms with Gasteiger partial charge in [-0.15, -0.1) is 0 Å². The molecule has 0 bridgehead atoms. The van der Waals surface area contributed by atoms with Crippen molar-refractivity contribution in [2.75, 3.05) is 0 Å². The van der Waals surface area contributed by atoms with Crippen molar-refractivity contribution in [2.24, 2.45) is 5.92 Å². The van der Waals surface area contributed by atoms with Crippen LogP contribution in [0.25, 0.3) is 10.9 Å². The monoisotopic (exact) mass is 365 g/mol. The first-order chi connectivity index (χ1) is 13.1. The average Bonchev–Trinajstić information content (AvgIpc) is 3.12. The van der Waals surface area contributed by atoms with Crippen LogP contribution >= 0.6 is 0 Å². The molecule has 6 nitrogen and oxygen atoms in total. The lowest BCUT2D eigenvalue weighted by atomic mass is 9.75. The second-order valence-electron chi connectivity index (χ2n) is 7.23. The maximum Gasteiger partial charge on any atom is 0.273 e. The van der Waals surface area contributed by atoms with Gasteiger partial charge in [0.05, 0.1) is 17.7 Å². The van der Waals surface area contributed by atoms with Gasteiger partial charge in [0.15, 0.2) is 5.69 Å². The van der Waals surface area contributed by atoms with Crippen LogP contribution in [0.5, 0.6) is 0 Å². The fraction of sp³-hybridized carbons (Fsp3) is 0.381. The van der Waals surface area contributed by atoms with E-state index in [4.69, 9.17) is 4.52 Å². The van der Waals surface area contributed by atoms with Crippen LogP contribution in [0.1, 0.15) is 54.0 Å². The maximum atomic E-state index is 12.7. The van der Waals surface area contributed by atoms with E-state index < -0.39 is 0 Å². The Morgan fingerprint density at radius 3 is 2.93 bits per heavy atom. The lowest BCUT2D eigenvalue weighted by Crippen LogP contribution is -2.41. The largest absolute Gasteiger partial charge is 0.393 e. The standard InChI is InChI=1S/C21H23N3O3/c1-2-5-17-11-19(24-27-17)21(26)23-20(14-9-16(25)10-14)15-8-13-6-3-4-7-18(13)22-12-15/h3-4,6-8,11-12,14,16,20,25H,2,5,9-10H2,1H3,(H,23,26)/t14?,16?,20-/m1/s1. The van der Waals surface area contributed by atoms with Gasteiger partial charge in [-0.1, -0.05) is 30.3 Å². The molecule has 0 unspecified atom stereocenters. The van der Waals surface area contributed by atoms with Gasteiger partial charge in [0.1, 0.15) is 5.76 Å². The Hall–Kier alpha value is -2.73. The number of aryl methyl sites for hydroxylation is 1.